The van der Waals surface area contributed by atoms with Gasteiger partial charge in [-0.2, -0.15) is 0 Å². The summed E-state index contributed by atoms with van der Waals surface area (Å²) in [6, 6.07) is 16.0. The van der Waals surface area contributed by atoms with E-state index in [2.05, 4.69) is 51.5 Å². The van der Waals surface area contributed by atoms with Crippen molar-refractivity contribution in [2.75, 3.05) is 21.1 Å². The smallest absolute Gasteiger partial charge is 0.320 e. The van der Waals surface area contributed by atoms with E-state index in [1.807, 2.05) is 0 Å². The molecule has 0 unspecified atom stereocenters. The molecule has 1 atom stereocenters. The number of hydrogen-bond donors (Lipinski definition) is 3. The summed E-state index contributed by atoms with van der Waals surface area (Å²) >= 11 is 0. The normalized spacial score (nSPS) is 12.0. The fourth-order valence-corrected chi connectivity index (χ4v) is 2.10. The third kappa shape index (κ3) is 8.31. The minimum absolute atomic E-state index is 0.160. The van der Waals surface area contributed by atoms with Crippen LogP contribution in [0.25, 0.3) is 0 Å². The molecule has 24 heavy (non-hydrogen) atoms. The number of benzene rings is 2. The Morgan fingerprint density at radius 2 is 1.54 bits per heavy atom. The molecule has 0 spiro atoms. The van der Waals surface area contributed by atoms with Crippen LogP contribution in [0, 0.1) is 0 Å². The summed E-state index contributed by atoms with van der Waals surface area (Å²) in [4.78, 5) is 10.4. The summed E-state index contributed by atoms with van der Waals surface area (Å²) in [6.45, 7) is 1.10. The Morgan fingerprint density at radius 1 is 1.00 bits per heavy atom. The van der Waals surface area contributed by atoms with E-state index in [9.17, 15) is 4.79 Å². The molecule has 2 aromatic carbocycles. The lowest BCUT2D eigenvalue weighted by Gasteiger charge is -2.23. The zero-order valence-corrected chi connectivity index (χ0v) is 14.5. The van der Waals surface area contributed by atoms with Gasteiger partial charge in [0.25, 0.3) is 0 Å². The minimum Gasteiger partial charge on any atom is -0.508 e. The number of carboxylic acids is 1. The van der Waals surface area contributed by atoms with Crippen LogP contribution in [-0.4, -0.2) is 47.9 Å². The van der Waals surface area contributed by atoms with Crippen LogP contribution in [0.5, 0.6) is 5.75 Å². The molecule has 0 bridgehead atoms. The zero-order valence-electron chi connectivity index (χ0n) is 14.5. The van der Waals surface area contributed by atoms with Gasteiger partial charge in [-0.25, -0.2) is 0 Å². The number of phenols is 1. The van der Waals surface area contributed by atoms with Gasteiger partial charge in [0.1, 0.15) is 18.3 Å². The van der Waals surface area contributed by atoms with E-state index in [0.717, 1.165) is 16.6 Å². The first kappa shape index (κ1) is 19.7. The van der Waals surface area contributed by atoms with Gasteiger partial charge in [0.2, 0.25) is 0 Å². The van der Waals surface area contributed by atoms with Gasteiger partial charge in [-0.1, -0.05) is 42.5 Å². The van der Waals surface area contributed by atoms with Gasteiger partial charge < -0.3 is 20.4 Å². The quantitative estimate of drug-likeness (QED) is 0.734. The molecule has 4 N–H and O–H groups in total. The molecule has 0 heterocycles. The van der Waals surface area contributed by atoms with Crippen molar-refractivity contribution in [1.29, 1.82) is 0 Å². The summed E-state index contributed by atoms with van der Waals surface area (Å²) in [6.07, 6.45) is 0.273. The molecular formula is C19H27N2O3+. The van der Waals surface area contributed by atoms with Crippen LogP contribution in [0.15, 0.2) is 54.6 Å². The largest absolute Gasteiger partial charge is 0.508 e. The maximum atomic E-state index is 10.4. The maximum Gasteiger partial charge on any atom is 0.320 e. The Balaban J connectivity index is 0.000000243. The van der Waals surface area contributed by atoms with Crippen LogP contribution in [0.2, 0.25) is 0 Å². The highest BCUT2D eigenvalue weighted by Crippen LogP contribution is 2.10. The molecule has 0 radical (unpaired) electrons. The van der Waals surface area contributed by atoms with Crippen LogP contribution in [0.3, 0.4) is 0 Å². The molecule has 0 fully saturated rings. The Bertz CT molecular complexity index is 619. The first-order valence-electron chi connectivity index (χ1n) is 7.78. The fourth-order valence-electron chi connectivity index (χ4n) is 2.10. The van der Waals surface area contributed by atoms with E-state index in [0.29, 0.717) is 0 Å². The van der Waals surface area contributed by atoms with Crippen molar-refractivity contribution >= 4 is 5.97 Å². The highest BCUT2D eigenvalue weighted by atomic mass is 16.4. The second-order valence-electron chi connectivity index (χ2n) is 6.75. The Morgan fingerprint density at radius 3 is 2.00 bits per heavy atom. The molecule has 0 aliphatic heterocycles. The lowest BCUT2D eigenvalue weighted by Crippen LogP contribution is -2.33. The van der Waals surface area contributed by atoms with Crippen LogP contribution in [0.1, 0.15) is 11.1 Å². The number of aromatic hydroxyl groups is 1. The van der Waals surface area contributed by atoms with Crippen molar-refractivity contribution in [3.63, 3.8) is 0 Å². The molecule has 5 heteroatoms. The molecule has 0 saturated heterocycles. The Kier molecular flexibility index (Phi) is 7.42. The monoisotopic (exact) mass is 331 g/mol. The highest BCUT2D eigenvalue weighted by Gasteiger charge is 2.11. The van der Waals surface area contributed by atoms with Gasteiger partial charge in [0.15, 0.2) is 0 Å². The standard InChI is InChI=1S/C10H16N.C9H11NO3/c1-11(2,3)9-10-7-5-4-6-8-10;10-8(9(12)13)5-6-1-3-7(11)4-2-6/h4-8H,9H2,1-3H3;1-4,8,11H,5,10H2,(H,12,13)/q+1;/t;8-/m.0/s1. The molecule has 0 amide bonds. The number of rotatable bonds is 5. The van der Waals surface area contributed by atoms with Crippen LogP contribution >= 0.6 is 0 Å². The number of nitrogens with zero attached hydrogens (tertiary/aromatic N) is 1. The molecule has 0 aliphatic carbocycles. The average molecular weight is 331 g/mol. The summed E-state index contributed by atoms with van der Waals surface area (Å²) < 4.78 is 0.990. The number of carboxylic acid groups (broad SMARTS) is 1. The third-order valence-electron chi connectivity index (χ3n) is 3.21. The summed E-state index contributed by atoms with van der Waals surface area (Å²) in [5, 5.41) is 17.5. The average Bonchev–Trinajstić information content (AvgIpc) is 2.49. The number of carbonyl (C=O) groups is 1. The lowest BCUT2D eigenvalue weighted by molar-refractivity contribution is -0.884. The fraction of sp³-hybridized carbons (Fsp3) is 0.316. The van der Waals surface area contributed by atoms with E-state index in [1.165, 1.54) is 17.7 Å². The number of quaternary nitrogens is 1. The van der Waals surface area contributed by atoms with Crippen molar-refractivity contribution in [1.82, 2.24) is 0 Å². The van der Waals surface area contributed by atoms with Crippen molar-refractivity contribution in [2.45, 2.75) is 19.0 Å². The molecule has 0 aromatic heterocycles. The Hall–Kier alpha value is -2.37. The number of hydrogen-bond acceptors (Lipinski definition) is 3. The zero-order chi connectivity index (χ0) is 18.2. The number of phenolic OH excluding ortho intramolecular Hbond substituents is 1. The second-order valence-corrected chi connectivity index (χ2v) is 6.75. The first-order chi connectivity index (χ1) is 11.2. The van der Waals surface area contributed by atoms with Crippen molar-refractivity contribution in [3.8, 4) is 5.75 Å². The van der Waals surface area contributed by atoms with Crippen molar-refractivity contribution < 1.29 is 19.5 Å². The van der Waals surface area contributed by atoms with Gasteiger partial charge in [0.05, 0.1) is 21.1 Å². The summed E-state index contributed by atoms with van der Waals surface area (Å²) in [5.74, 6) is -0.860. The molecule has 0 aliphatic rings. The predicted octanol–water partition coefficient (Wildman–Crippen LogP) is 2.24. The Labute approximate surface area is 143 Å². The van der Waals surface area contributed by atoms with Gasteiger partial charge in [-0.3, -0.25) is 4.79 Å². The van der Waals surface area contributed by atoms with Gasteiger partial charge in [-0.05, 0) is 24.1 Å². The third-order valence-corrected chi connectivity index (χ3v) is 3.21. The van der Waals surface area contributed by atoms with E-state index >= 15 is 0 Å². The maximum absolute atomic E-state index is 10.4. The molecule has 130 valence electrons. The van der Waals surface area contributed by atoms with Gasteiger partial charge in [-0.15, -0.1) is 0 Å². The van der Waals surface area contributed by atoms with Crippen molar-refractivity contribution in [3.05, 3.63) is 65.7 Å². The molecule has 2 rings (SSSR count). The highest BCUT2D eigenvalue weighted by molar-refractivity contribution is 5.73. The number of aliphatic carboxylic acids is 1. The van der Waals surface area contributed by atoms with Crippen LogP contribution in [0.4, 0.5) is 0 Å². The molecule has 2 aromatic rings. The van der Waals surface area contributed by atoms with E-state index in [-0.39, 0.29) is 12.2 Å². The first-order valence-corrected chi connectivity index (χ1v) is 7.78. The van der Waals surface area contributed by atoms with Crippen molar-refractivity contribution in [2.24, 2.45) is 5.73 Å². The minimum atomic E-state index is -1.02. The van der Waals surface area contributed by atoms with Crippen LogP contribution in [-0.2, 0) is 17.8 Å². The SMILES string of the molecule is C[N+](C)(C)Cc1ccccc1.N[C@@H](Cc1ccc(O)cc1)C(=O)O. The van der Waals surface area contributed by atoms with E-state index in [1.54, 1.807) is 12.1 Å². The second kappa shape index (κ2) is 9.05. The van der Waals surface area contributed by atoms with Gasteiger partial charge >= 0.3 is 5.97 Å². The number of nitrogens with two attached hydrogens (primary N) is 1. The molecular weight excluding hydrogens is 304 g/mol. The van der Waals surface area contributed by atoms with Gasteiger partial charge in [0, 0.05) is 5.56 Å². The van der Waals surface area contributed by atoms with E-state index in [4.69, 9.17) is 15.9 Å². The lowest BCUT2D eigenvalue weighted by atomic mass is 10.1. The van der Waals surface area contributed by atoms with Crippen LogP contribution < -0.4 is 5.73 Å². The molecule has 0 saturated carbocycles. The predicted molar refractivity (Wildman–Crippen MR) is 95.6 cm³/mol. The molecule has 5 nitrogen and oxygen atoms in total. The van der Waals surface area contributed by atoms with E-state index < -0.39 is 12.0 Å². The summed E-state index contributed by atoms with van der Waals surface area (Å²) in [5.41, 5.74) is 7.53. The topological polar surface area (TPSA) is 83.5 Å². The summed E-state index contributed by atoms with van der Waals surface area (Å²) in [7, 11) is 6.60.